The quantitative estimate of drug-likeness (QED) is 0.454. The molecule has 0 spiro atoms. The van der Waals surface area contributed by atoms with Crippen molar-refractivity contribution < 1.29 is 29.0 Å². The van der Waals surface area contributed by atoms with Crippen molar-refractivity contribution in [2.45, 2.75) is 70.1 Å². The van der Waals surface area contributed by atoms with Crippen LogP contribution in [-0.2, 0) is 30.5 Å². The molecule has 2 aliphatic rings. The second kappa shape index (κ2) is 14.6. The number of amides is 2. The highest BCUT2D eigenvalue weighted by Crippen LogP contribution is 2.21. The average molecular weight is 487 g/mol. The molecule has 0 saturated carbocycles. The molecule has 8 heteroatoms. The van der Waals surface area contributed by atoms with Crippen LogP contribution in [0.25, 0.3) is 0 Å². The maximum atomic E-state index is 13.2. The van der Waals surface area contributed by atoms with Gasteiger partial charge in [-0.1, -0.05) is 42.5 Å². The van der Waals surface area contributed by atoms with Crippen LogP contribution in [0.2, 0.25) is 0 Å². The number of ether oxygens (including phenoxy) is 2. The standard InChI is InChI=1S/C27H38N2O6/c30-17-24-13-9-15-29(24)25(31)16-22-12-7-2-1-3-8-14-26(32)35-20-23(28-27(22)33)19-34-18-21-10-5-4-6-11-21/h2,4-7,10-11,22-24,30H,1,3,8-9,12-20H2,(H,28,33). The first kappa shape index (κ1) is 26.9. The van der Waals surface area contributed by atoms with Crippen molar-refractivity contribution >= 4 is 17.8 Å². The van der Waals surface area contributed by atoms with Crippen LogP contribution >= 0.6 is 0 Å². The Hall–Kier alpha value is -2.71. The summed E-state index contributed by atoms with van der Waals surface area (Å²) in [4.78, 5) is 40.0. The number of aliphatic hydroxyl groups is 1. The third kappa shape index (κ3) is 9.11. The lowest BCUT2D eigenvalue weighted by atomic mass is 9.98. The Kier molecular flexibility index (Phi) is 11.2. The van der Waals surface area contributed by atoms with Crippen molar-refractivity contribution in [2.24, 2.45) is 5.92 Å². The van der Waals surface area contributed by atoms with Gasteiger partial charge in [-0.25, -0.2) is 0 Å². The second-order valence-electron chi connectivity index (χ2n) is 9.31. The van der Waals surface area contributed by atoms with Crippen LogP contribution in [0, 0.1) is 5.92 Å². The highest BCUT2D eigenvalue weighted by molar-refractivity contribution is 5.86. The molecule has 2 N–H and O–H groups in total. The number of carbonyl (C=O) groups is 3. The topological polar surface area (TPSA) is 105 Å². The Labute approximate surface area is 207 Å². The van der Waals surface area contributed by atoms with Crippen molar-refractivity contribution in [1.29, 1.82) is 0 Å². The minimum Gasteiger partial charge on any atom is -0.463 e. The number of cyclic esters (lactones) is 1. The monoisotopic (exact) mass is 486 g/mol. The molecule has 0 bridgehead atoms. The molecule has 2 heterocycles. The molecule has 2 amide bonds. The average Bonchev–Trinajstić information content (AvgIpc) is 3.35. The number of nitrogens with zero attached hydrogens (tertiary/aromatic N) is 1. The van der Waals surface area contributed by atoms with Gasteiger partial charge in [-0.15, -0.1) is 0 Å². The zero-order valence-electron chi connectivity index (χ0n) is 20.4. The molecule has 3 unspecified atom stereocenters. The Balaban J connectivity index is 1.65. The summed E-state index contributed by atoms with van der Waals surface area (Å²) in [5.74, 6) is -1.21. The van der Waals surface area contributed by atoms with Gasteiger partial charge in [0.25, 0.3) is 0 Å². The minimum absolute atomic E-state index is 0.0224. The smallest absolute Gasteiger partial charge is 0.305 e. The molecule has 0 radical (unpaired) electrons. The van der Waals surface area contributed by atoms with Crippen LogP contribution in [0.3, 0.4) is 0 Å². The summed E-state index contributed by atoms with van der Waals surface area (Å²) >= 11 is 0. The molecule has 1 aromatic rings. The van der Waals surface area contributed by atoms with Crippen molar-refractivity contribution in [3.8, 4) is 0 Å². The zero-order valence-corrected chi connectivity index (χ0v) is 20.4. The van der Waals surface area contributed by atoms with Crippen LogP contribution in [0.5, 0.6) is 0 Å². The molecular formula is C27H38N2O6. The van der Waals surface area contributed by atoms with Gasteiger partial charge in [0.1, 0.15) is 6.61 Å². The van der Waals surface area contributed by atoms with Gasteiger partial charge in [0, 0.05) is 19.4 Å². The summed E-state index contributed by atoms with van der Waals surface area (Å²) in [5.41, 5.74) is 1.01. The molecule has 1 saturated heterocycles. The predicted octanol–water partition coefficient (Wildman–Crippen LogP) is 2.74. The van der Waals surface area contributed by atoms with Crippen LogP contribution in [0.4, 0.5) is 0 Å². The van der Waals surface area contributed by atoms with Crippen LogP contribution in [0.15, 0.2) is 42.5 Å². The molecule has 1 fully saturated rings. The molecule has 0 aliphatic carbocycles. The molecular weight excluding hydrogens is 448 g/mol. The van der Waals surface area contributed by atoms with E-state index in [-0.39, 0.29) is 50.1 Å². The Morgan fingerprint density at radius 1 is 1.14 bits per heavy atom. The van der Waals surface area contributed by atoms with Gasteiger partial charge in [-0.05, 0) is 44.1 Å². The van der Waals surface area contributed by atoms with E-state index in [2.05, 4.69) is 5.32 Å². The first-order valence-electron chi connectivity index (χ1n) is 12.7. The van der Waals surface area contributed by atoms with E-state index >= 15 is 0 Å². The van der Waals surface area contributed by atoms with Gasteiger partial charge in [0.2, 0.25) is 11.8 Å². The number of carbonyl (C=O) groups excluding carboxylic acids is 3. The number of allylic oxidation sites excluding steroid dienone is 2. The van der Waals surface area contributed by atoms with Gasteiger partial charge in [-0.3, -0.25) is 14.4 Å². The number of hydrogen-bond acceptors (Lipinski definition) is 6. The summed E-state index contributed by atoms with van der Waals surface area (Å²) in [7, 11) is 0. The molecule has 1 aromatic carbocycles. The number of likely N-dealkylation sites (tertiary alicyclic amines) is 1. The summed E-state index contributed by atoms with van der Waals surface area (Å²) in [5, 5.41) is 12.5. The number of esters is 1. The van der Waals surface area contributed by atoms with Crippen molar-refractivity contribution in [1.82, 2.24) is 10.2 Å². The van der Waals surface area contributed by atoms with Gasteiger partial charge in [-0.2, -0.15) is 0 Å². The molecule has 0 aromatic heterocycles. The van der Waals surface area contributed by atoms with E-state index in [9.17, 15) is 19.5 Å². The summed E-state index contributed by atoms with van der Waals surface area (Å²) in [6.07, 6.45) is 8.89. The fraction of sp³-hybridized carbons (Fsp3) is 0.593. The first-order valence-corrected chi connectivity index (χ1v) is 12.7. The number of rotatable bonds is 7. The van der Waals surface area contributed by atoms with Gasteiger partial charge >= 0.3 is 5.97 Å². The van der Waals surface area contributed by atoms with E-state index in [0.717, 1.165) is 37.7 Å². The van der Waals surface area contributed by atoms with E-state index in [1.807, 2.05) is 42.5 Å². The van der Waals surface area contributed by atoms with Gasteiger partial charge in [0.05, 0.1) is 37.8 Å². The largest absolute Gasteiger partial charge is 0.463 e. The maximum absolute atomic E-state index is 13.2. The summed E-state index contributed by atoms with van der Waals surface area (Å²) < 4.78 is 11.2. The molecule has 192 valence electrons. The van der Waals surface area contributed by atoms with E-state index in [0.29, 0.717) is 26.0 Å². The lowest BCUT2D eigenvalue weighted by molar-refractivity contribution is -0.146. The third-order valence-electron chi connectivity index (χ3n) is 6.51. The number of nitrogens with one attached hydrogen (secondary N) is 1. The summed E-state index contributed by atoms with van der Waals surface area (Å²) in [6, 6.07) is 9.02. The number of benzene rings is 1. The Morgan fingerprint density at radius 3 is 2.77 bits per heavy atom. The second-order valence-corrected chi connectivity index (χ2v) is 9.31. The number of hydrogen-bond donors (Lipinski definition) is 2. The number of aliphatic hydroxyl groups excluding tert-OH is 1. The maximum Gasteiger partial charge on any atom is 0.305 e. The minimum atomic E-state index is -0.547. The van der Waals surface area contributed by atoms with E-state index < -0.39 is 12.0 Å². The van der Waals surface area contributed by atoms with Crippen LogP contribution < -0.4 is 5.32 Å². The van der Waals surface area contributed by atoms with Gasteiger partial charge < -0.3 is 24.8 Å². The first-order chi connectivity index (χ1) is 17.1. The van der Waals surface area contributed by atoms with E-state index in [1.165, 1.54) is 0 Å². The highest BCUT2D eigenvalue weighted by atomic mass is 16.5. The normalized spacial score (nSPS) is 24.5. The molecule has 3 rings (SSSR count). The molecule has 3 atom stereocenters. The predicted molar refractivity (Wildman–Crippen MR) is 131 cm³/mol. The van der Waals surface area contributed by atoms with Gasteiger partial charge in [0.15, 0.2) is 0 Å². The van der Waals surface area contributed by atoms with Crippen LogP contribution in [-0.4, -0.2) is 66.2 Å². The van der Waals surface area contributed by atoms with E-state index in [4.69, 9.17) is 9.47 Å². The SMILES string of the molecule is O=C1CCCCC=CCC(CC(=O)N2CCCC2CO)C(=O)NC(COCc2ccccc2)CO1. The van der Waals surface area contributed by atoms with Crippen molar-refractivity contribution in [3.63, 3.8) is 0 Å². The van der Waals surface area contributed by atoms with Crippen molar-refractivity contribution in [2.75, 3.05) is 26.4 Å². The van der Waals surface area contributed by atoms with Crippen molar-refractivity contribution in [3.05, 3.63) is 48.0 Å². The molecule has 2 aliphatic heterocycles. The highest BCUT2D eigenvalue weighted by Gasteiger charge is 2.31. The summed E-state index contributed by atoms with van der Waals surface area (Å²) in [6.45, 7) is 1.13. The Bertz CT molecular complexity index is 843. The lowest BCUT2D eigenvalue weighted by Gasteiger charge is -2.26. The van der Waals surface area contributed by atoms with Crippen LogP contribution in [0.1, 0.15) is 56.9 Å². The fourth-order valence-electron chi connectivity index (χ4n) is 4.48. The lowest BCUT2D eigenvalue weighted by Crippen LogP contribution is -2.46. The third-order valence-corrected chi connectivity index (χ3v) is 6.51. The fourth-order valence-corrected chi connectivity index (χ4v) is 4.48. The Morgan fingerprint density at radius 2 is 1.97 bits per heavy atom. The molecule has 8 nitrogen and oxygen atoms in total. The van der Waals surface area contributed by atoms with E-state index in [1.54, 1.807) is 4.90 Å². The molecule has 35 heavy (non-hydrogen) atoms. The zero-order chi connectivity index (χ0) is 24.9.